The molecule has 7 heteroatoms. The lowest BCUT2D eigenvalue weighted by Crippen LogP contribution is -2.12. The number of nitro groups is 1. The Hall–Kier alpha value is -2.99. The van der Waals surface area contributed by atoms with Gasteiger partial charge in [-0.1, -0.05) is 23.7 Å². The van der Waals surface area contributed by atoms with Crippen LogP contribution in [0.3, 0.4) is 0 Å². The summed E-state index contributed by atoms with van der Waals surface area (Å²) in [7, 11) is 0. The van der Waals surface area contributed by atoms with Gasteiger partial charge in [-0.25, -0.2) is 0 Å². The number of carbonyl (C=O) groups excluding carboxylic acids is 1. The molecule has 0 saturated heterocycles. The number of nitro benzene ring substituents is 1. The second-order valence-corrected chi connectivity index (χ2v) is 5.16. The van der Waals surface area contributed by atoms with Gasteiger partial charge in [0.05, 0.1) is 21.2 Å². The first kappa shape index (κ1) is 14.9. The van der Waals surface area contributed by atoms with Crippen molar-refractivity contribution in [1.29, 1.82) is 0 Å². The summed E-state index contributed by atoms with van der Waals surface area (Å²) >= 11 is 6.09. The topological polar surface area (TPSA) is 85.1 Å². The highest BCUT2D eigenvalue weighted by Gasteiger charge is 2.12. The Morgan fingerprint density at radius 1 is 1.13 bits per heavy atom. The third-order valence-electron chi connectivity index (χ3n) is 3.31. The number of non-ortho nitro benzene ring substituents is 1. The molecule has 114 valence electrons. The van der Waals surface area contributed by atoms with Gasteiger partial charge >= 0.3 is 0 Å². The van der Waals surface area contributed by atoms with Gasteiger partial charge in [0.1, 0.15) is 0 Å². The number of benzene rings is 2. The largest absolute Gasteiger partial charge is 0.321 e. The number of rotatable bonds is 3. The van der Waals surface area contributed by atoms with E-state index in [0.29, 0.717) is 21.8 Å². The molecule has 3 aromatic rings. The maximum atomic E-state index is 12.3. The van der Waals surface area contributed by atoms with E-state index >= 15 is 0 Å². The van der Waals surface area contributed by atoms with Crippen molar-refractivity contribution in [2.45, 2.75) is 0 Å². The SMILES string of the molecule is O=C(Nc1ccnc2c(Cl)cccc12)c1ccc([N+](=O)[O-])cc1. The van der Waals surface area contributed by atoms with Crippen LogP contribution in [0.5, 0.6) is 0 Å². The number of hydrogen-bond donors (Lipinski definition) is 1. The highest BCUT2D eigenvalue weighted by Crippen LogP contribution is 2.27. The quantitative estimate of drug-likeness (QED) is 0.581. The number of carbonyl (C=O) groups is 1. The van der Waals surface area contributed by atoms with Crippen LogP contribution in [0, 0.1) is 10.1 Å². The lowest BCUT2D eigenvalue weighted by atomic mass is 10.1. The predicted octanol–water partition coefficient (Wildman–Crippen LogP) is 4.05. The van der Waals surface area contributed by atoms with E-state index in [-0.39, 0.29) is 11.6 Å². The molecule has 0 aliphatic rings. The minimum absolute atomic E-state index is 0.0670. The average Bonchev–Trinajstić information content (AvgIpc) is 2.56. The summed E-state index contributed by atoms with van der Waals surface area (Å²) in [6.45, 7) is 0. The number of hydrogen-bond acceptors (Lipinski definition) is 4. The van der Waals surface area contributed by atoms with Gasteiger partial charge in [-0.3, -0.25) is 19.9 Å². The molecule has 0 spiro atoms. The summed E-state index contributed by atoms with van der Waals surface area (Å²) in [5.74, 6) is -0.368. The summed E-state index contributed by atoms with van der Waals surface area (Å²) in [6, 6.07) is 12.4. The lowest BCUT2D eigenvalue weighted by molar-refractivity contribution is -0.384. The van der Waals surface area contributed by atoms with Crippen LogP contribution in [0.25, 0.3) is 10.9 Å². The second kappa shape index (κ2) is 6.02. The molecule has 2 aromatic carbocycles. The standard InChI is InChI=1S/C16H10ClN3O3/c17-13-3-1-2-12-14(8-9-18-15(12)13)19-16(21)10-4-6-11(7-5-10)20(22)23/h1-9H,(H,18,19,21). The van der Waals surface area contributed by atoms with Crippen LogP contribution in [0.15, 0.2) is 54.7 Å². The highest BCUT2D eigenvalue weighted by molar-refractivity contribution is 6.35. The second-order valence-electron chi connectivity index (χ2n) is 4.75. The summed E-state index contributed by atoms with van der Waals surface area (Å²) in [5.41, 5.74) is 1.42. The molecule has 0 saturated carbocycles. The van der Waals surface area contributed by atoms with Crippen molar-refractivity contribution in [3.05, 3.63) is 75.4 Å². The summed E-state index contributed by atoms with van der Waals surface area (Å²) in [5, 5.41) is 14.6. The number of para-hydroxylation sites is 1. The van der Waals surface area contributed by atoms with E-state index in [2.05, 4.69) is 10.3 Å². The fraction of sp³-hybridized carbons (Fsp3) is 0. The summed E-state index contributed by atoms with van der Waals surface area (Å²) in [4.78, 5) is 26.6. The average molecular weight is 328 g/mol. The van der Waals surface area contributed by atoms with Gasteiger partial charge in [-0.05, 0) is 24.3 Å². The Balaban J connectivity index is 1.91. The molecule has 3 rings (SSSR count). The van der Waals surface area contributed by atoms with Crippen LogP contribution in [-0.4, -0.2) is 15.8 Å². The molecule has 0 aliphatic carbocycles. The van der Waals surface area contributed by atoms with Crippen LogP contribution in [0.2, 0.25) is 5.02 Å². The third-order valence-corrected chi connectivity index (χ3v) is 3.62. The van der Waals surface area contributed by atoms with Crippen LogP contribution >= 0.6 is 11.6 Å². The Morgan fingerprint density at radius 3 is 2.57 bits per heavy atom. The van der Waals surface area contributed by atoms with Gasteiger partial charge in [-0.2, -0.15) is 0 Å². The number of aromatic nitrogens is 1. The fourth-order valence-corrected chi connectivity index (χ4v) is 2.40. The monoisotopic (exact) mass is 327 g/mol. The molecule has 1 amide bonds. The van der Waals surface area contributed by atoms with Crippen molar-refractivity contribution in [3.63, 3.8) is 0 Å². The Bertz CT molecular complexity index is 910. The van der Waals surface area contributed by atoms with Crippen molar-refractivity contribution >= 4 is 39.8 Å². The Kier molecular flexibility index (Phi) is 3.91. The smallest absolute Gasteiger partial charge is 0.269 e. The van der Waals surface area contributed by atoms with Gasteiger partial charge in [0.25, 0.3) is 11.6 Å². The van der Waals surface area contributed by atoms with Crippen LogP contribution in [-0.2, 0) is 0 Å². The molecule has 0 atom stereocenters. The zero-order valence-corrected chi connectivity index (χ0v) is 12.4. The molecular weight excluding hydrogens is 318 g/mol. The van der Waals surface area contributed by atoms with E-state index in [0.717, 1.165) is 5.39 Å². The molecule has 0 radical (unpaired) electrons. The number of nitrogens with one attached hydrogen (secondary N) is 1. The minimum atomic E-state index is -0.514. The van der Waals surface area contributed by atoms with E-state index in [4.69, 9.17) is 11.6 Å². The van der Waals surface area contributed by atoms with Gasteiger partial charge in [0.15, 0.2) is 0 Å². The van der Waals surface area contributed by atoms with Crippen LogP contribution in [0.4, 0.5) is 11.4 Å². The number of anilines is 1. The van der Waals surface area contributed by atoms with Gasteiger partial charge in [-0.15, -0.1) is 0 Å². The number of nitrogens with zero attached hydrogens (tertiary/aromatic N) is 2. The van der Waals surface area contributed by atoms with Gasteiger partial charge < -0.3 is 5.32 Å². The van der Waals surface area contributed by atoms with Crippen molar-refractivity contribution in [2.24, 2.45) is 0 Å². The first-order valence-electron chi connectivity index (χ1n) is 6.65. The van der Waals surface area contributed by atoms with Crippen molar-refractivity contribution in [1.82, 2.24) is 4.98 Å². The minimum Gasteiger partial charge on any atom is -0.321 e. The Morgan fingerprint density at radius 2 is 1.87 bits per heavy atom. The molecule has 0 fully saturated rings. The zero-order chi connectivity index (χ0) is 16.4. The van der Waals surface area contributed by atoms with Gasteiger partial charge in [0.2, 0.25) is 0 Å². The van der Waals surface area contributed by atoms with Gasteiger partial charge in [0, 0.05) is 29.3 Å². The first-order valence-corrected chi connectivity index (χ1v) is 7.03. The van der Waals surface area contributed by atoms with E-state index in [1.165, 1.54) is 24.3 Å². The van der Waals surface area contributed by atoms with Crippen molar-refractivity contribution < 1.29 is 9.72 Å². The third kappa shape index (κ3) is 2.97. The lowest BCUT2D eigenvalue weighted by Gasteiger charge is -2.09. The number of halogens is 1. The van der Waals surface area contributed by atoms with E-state index in [1.807, 2.05) is 0 Å². The number of pyridine rings is 1. The summed E-state index contributed by atoms with van der Waals surface area (Å²) in [6.07, 6.45) is 1.56. The predicted molar refractivity (Wildman–Crippen MR) is 87.8 cm³/mol. The normalized spacial score (nSPS) is 10.5. The first-order chi connectivity index (χ1) is 11.1. The molecular formula is C16H10ClN3O3. The van der Waals surface area contributed by atoms with Crippen LogP contribution < -0.4 is 5.32 Å². The molecule has 1 aromatic heterocycles. The molecule has 6 nitrogen and oxygen atoms in total. The zero-order valence-electron chi connectivity index (χ0n) is 11.7. The van der Waals surface area contributed by atoms with E-state index in [9.17, 15) is 14.9 Å². The molecule has 0 aliphatic heterocycles. The Labute approximate surface area is 135 Å². The molecule has 1 heterocycles. The highest BCUT2D eigenvalue weighted by atomic mass is 35.5. The van der Waals surface area contributed by atoms with E-state index in [1.54, 1.807) is 30.5 Å². The van der Waals surface area contributed by atoms with E-state index < -0.39 is 4.92 Å². The molecule has 0 unspecified atom stereocenters. The molecule has 0 bridgehead atoms. The maximum Gasteiger partial charge on any atom is 0.269 e. The number of amides is 1. The fourth-order valence-electron chi connectivity index (χ4n) is 2.18. The maximum absolute atomic E-state index is 12.3. The number of fused-ring (bicyclic) bond motifs is 1. The molecule has 23 heavy (non-hydrogen) atoms. The summed E-state index contributed by atoms with van der Waals surface area (Å²) < 4.78 is 0. The molecule has 1 N–H and O–H groups in total. The van der Waals surface area contributed by atoms with Crippen molar-refractivity contribution in [3.8, 4) is 0 Å². The van der Waals surface area contributed by atoms with Crippen LogP contribution in [0.1, 0.15) is 10.4 Å². The van der Waals surface area contributed by atoms with Crippen molar-refractivity contribution in [2.75, 3.05) is 5.32 Å².